The summed E-state index contributed by atoms with van der Waals surface area (Å²) in [5.41, 5.74) is 6.39. The van der Waals surface area contributed by atoms with Gasteiger partial charge in [-0.1, -0.05) is 24.6 Å². The molecule has 2 heterocycles. The van der Waals surface area contributed by atoms with Crippen molar-refractivity contribution < 1.29 is 19.1 Å². The second-order valence-corrected chi connectivity index (χ2v) is 10.7. The van der Waals surface area contributed by atoms with Crippen LogP contribution in [-0.2, 0) is 16.1 Å². The largest absolute Gasteiger partial charge is 0.457 e. The number of nitrogens with one attached hydrogen (secondary N) is 3. The molecule has 1 saturated heterocycles. The molecule has 1 atom stereocenters. The first-order valence-corrected chi connectivity index (χ1v) is 13.3. The Morgan fingerprint density at radius 3 is 2.37 bits per heavy atom. The van der Waals surface area contributed by atoms with Gasteiger partial charge in [0.1, 0.15) is 23.4 Å². The number of nitrogen functional groups attached to an aromatic ring is 1. The second kappa shape index (κ2) is 10.7. The average Bonchev–Trinajstić information content (AvgIpc) is 3.35. The Morgan fingerprint density at radius 2 is 1.74 bits per heavy atom. The molecule has 0 unspecified atom stereocenters. The van der Waals surface area contributed by atoms with Crippen molar-refractivity contribution in [2.24, 2.45) is 11.1 Å². The molecule has 1 saturated carbocycles. The molecule has 5 N–H and O–H groups in total. The summed E-state index contributed by atoms with van der Waals surface area (Å²) in [4.78, 5) is 41.2. The van der Waals surface area contributed by atoms with E-state index < -0.39 is 6.04 Å². The van der Waals surface area contributed by atoms with Crippen LogP contribution < -0.4 is 21.1 Å². The highest BCUT2D eigenvalue weighted by Crippen LogP contribution is 2.53. The fourth-order valence-electron chi connectivity index (χ4n) is 4.99. The van der Waals surface area contributed by atoms with Crippen LogP contribution in [0.15, 0.2) is 66.0 Å². The quantitative estimate of drug-likeness (QED) is 0.248. The Morgan fingerprint density at radius 1 is 1.03 bits per heavy atom. The lowest BCUT2D eigenvalue weighted by atomic mass is 9.57. The van der Waals surface area contributed by atoms with Crippen molar-refractivity contribution in [2.75, 3.05) is 13.1 Å². The Labute approximate surface area is 224 Å². The SMILES string of the molecule is N=C(N)c1csc(CNC(=O)[C@H]2N(C(=O)CNC(=O)c3ccc(Oc4ccccc4)cc3)CC23CCC3)c1. The van der Waals surface area contributed by atoms with E-state index in [2.05, 4.69) is 10.6 Å². The van der Waals surface area contributed by atoms with E-state index in [1.165, 1.54) is 11.3 Å². The van der Waals surface area contributed by atoms with Crippen LogP contribution in [0.3, 0.4) is 0 Å². The molecule has 1 aromatic heterocycles. The van der Waals surface area contributed by atoms with E-state index in [9.17, 15) is 14.4 Å². The summed E-state index contributed by atoms with van der Waals surface area (Å²) in [6, 6.07) is 17.3. The van der Waals surface area contributed by atoms with Crippen LogP contribution in [0, 0.1) is 10.8 Å². The lowest BCUT2D eigenvalue weighted by Crippen LogP contribution is -2.74. The maximum Gasteiger partial charge on any atom is 0.251 e. The molecule has 9 nitrogen and oxygen atoms in total. The highest BCUT2D eigenvalue weighted by Gasteiger charge is 2.60. The predicted molar refractivity (Wildman–Crippen MR) is 144 cm³/mol. The minimum atomic E-state index is -0.540. The fourth-order valence-corrected chi connectivity index (χ4v) is 5.82. The normalized spacial score (nSPS) is 17.2. The molecule has 0 radical (unpaired) electrons. The van der Waals surface area contributed by atoms with Crippen LogP contribution in [0.25, 0.3) is 0 Å². The summed E-state index contributed by atoms with van der Waals surface area (Å²) in [6.07, 6.45) is 2.86. The Kier molecular flexibility index (Phi) is 7.15. The number of carbonyl (C=O) groups excluding carboxylic acids is 3. The molecule has 196 valence electrons. The van der Waals surface area contributed by atoms with Crippen molar-refractivity contribution >= 4 is 34.9 Å². The monoisotopic (exact) mass is 531 g/mol. The number of rotatable bonds is 9. The molecule has 1 aliphatic heterocycles. The van der Waals surface area contributed by atoms with Crippen molar-refractivity contribution in [2.45, 2.75) is 31.8 Å². The molecule has 2 aliphatic rings. The van der Waals surface area contributed by atoms with Crippen LogP contribution in [0.5, 0.6) is 11.5 Å². The lowest BCUT2D eigenvalue weighted by Gasteiger charge is -2.61. The topological polar surface area (TPSA) is 138 Å². The number of amidine groups is 1. The molecule has 38 heavy (non-hydrogen) atoms. The van der Waals surface area contributed by atoms with Gasteiger partial charge < -0.3 is 26.0 Å². The number of benzene rings is 2. The number of carbonyl (C=O) groups is 3. The van der Waals surface area contributed by atoms with Crippen molar-refractivity contribution in [1.29, 1.82) is 5.41 Å². The zero-order chi connectivity index (χ0) is 26.7. The van der Waals surface area contributed by atoms with E-state index in [4.69, 9.17) is 15.9 Å². The number of para-hydroxylation sites is 1. The van der Waals surface area contributed by atoms with Crippen LogP contribution in [0.4, 0.5) is 0 Å². The highest BCUT2D eigenvalue weighted by molar-refractivity contribution is 7.10. The van der Waals surface area contributed by atoms with Crippen molar-refractivity contribution in [3.8, 4) is 11.5 Å². The lowest BCUT2D eigenvalue weighted by molar-refractivity contribution is -0.175. The first kappa shape index (κ1) is 25.5. The fraction of sp³-hybridized carbons (Fsp3) is 0.286. The van der Waals surface area contributed by atoms with Crippen LogP contribution in [-0.4, -0.2) is 47.6 Å². The van der Waals surface area contributed by atoms with E-state index >= 15 is 0 Å². The third kappa shape index (κ3) is 5.26. The standard InChI is InChI=1S/C28H29N5O4S/c29-25(30)19-13-22(38-16-19)14-31-27(36)24-28(11-4-12-28)17-33(24)23(34)15-32-26(35)18-7-9-21(10-8-18)37-20-5-2-1-3-6-20/h1-3,5-10,13,16,24H,4,11-12,14-15,17H2,(H3,29,30)(H,31,36)(H,32,35)/t24-/m1/s1. The number of thiophene rings is 1. The summed E-state index contributed by atoms with van der Waals surface area (Å²) in [5, 5.41) is 14.9. The number of hydrogen-bond donors (Lipinski definition) is 4. The van der Waals surface area contributed by atoms with Gasteiger partial charge in [-0.15, -0.1) is 11.3 Å². The molecule has 3 aromatic rings. The molecule has 1 aliphatic carbocycles. The zero-order valence-corrected chi connectivity index (χ0v) is 21.6. The minimum Gasteiger partial charge on any atom is -0.457 e. The van der Waals surface area contributed by atoms with E-state index in [1.54, 1.807) is 40.6 Å². The smallest absolute Gasteiger partial charge is 0.251 e. The number of nitrogens with two attached hydrogens (primary N) is 1. The number of nitrogens with zero attached hydrogens (tertiary/aromatic N) is 1. The third-order valence-electron chi connectivity index (χ3n) is 7.19. The van der Waals surface area contributed by atoms with Gasteiger partial charge in [0, 0.05) is 33.3 Å². The second-order valence-electron chi connectivity index (χ2n) is 9.70. The third-order valence-corrected chi connectivity index (χ3v) is 8.13. The van der Waals surface area contributed by atoms with Crippen LogP contribution >= 0.6 is 11.3 Å². The van der Waals surface area contributed by atoms with Gasteiger partial charge in [-0.05, 0) is 55.3 Å². The Balaban J connectivity index is 1.14. The predicted octanol–water partition coefficient (Wildman–Crippen LogP) is 3.25. The number of ether oxygens (including phenoxy) is 1. The first-order chi connectivity index (χ1) is 18.3. The molecule has 10 heteroatoms. The Bertz CT molecular complexity index is 1350. The van der Waals surface area contributed by atoms with Gasteiger partial charge in [0.25, 0.3) is 5.91 Å². The number of likely N-dealkylation sites (tertiary alicyclic amines) is 1. The van der Waals surface area contributed by atoms with E-state index in [-0.39, 0.29) is 35.5 Å². The van der Waals surface area contributed by atoms with Gasteiger partial charge >= 0.3 is 0 Å². The highest BCUT2D eigenvalue weighted by atomic mass is 32.1. The molecule has 3 amide bonds. The zero-order valence-electron chi connectivity index (χ0n) is 20.7. The summed E-state index contributed by atoms with van der Waals surface area (Å²) in [5.74, 6) is 0.440. The van der Waals surface area contributed by atoms with Gasteiger partial charge in [0.15, 0.2) is 0 Å². The molecule has 2 fully saturated rings. The van der Waals surface area contributed by atoms with Gasteiger partial charge in [0.2, 0.25) is 11.8 Å². The Hall–Kier alpha value is -4.18. The van der Waals surface area contributed by atoms with Crippen LogP contribution in [0.2, 0.25) is 0 Å². The van der Waals surface area contributed by atoms with Crippen LogP contribution in [0.1, 0.15) is 40.1 Å². The number of hydrogen-bond acceptors (Lipinski definition) is 6. The van der Waals surface area contributed by atoms with E-state index in [0.717, 1.165) is 24.1 Å². The average molecular weight is 532 g/mol. The van der Waals surface area contributed by atoms with Gasteiger partial charge in [-0.25, -0.2) is 0 Å². The molecule has 0 bridgehead atoms. The summed E-state index contributed by atoms with van der Waals surface area (Å²) >= 11 is 1.42. The summed E-state index contributed by atoms with van der Waals surface area (Å²) < 4.78 is 5.75. The van der Waals surface area contributed by atoms with Crippen molar-refractivity contribution in [3.05, 3.63) is 82.0 Å². The van der Waals surface area contributed by atoms with Gasteiger partial charge in [-0.3, -0.25) is 19.8 Å². The molecule has 5 rings (SSSR count). The maximum atomic E-state index is 13.1. The summed E-state index contributed by atoms with van der Waals surface area (Å²) in [7, 11) is 0. The van der Waals surface area contributed by atoms with Crippen molar-refractivity contribution in [3.63, 3.8) is 0 Å². The van der Waals surface area contributed by atoms with Gasteiger partial charge in [-0.2, -0.15) is 0 Å². The van der Waals surface area contributed by atoms with Gasteiger partial charge in [0.05, 0.1) is 13.1 Å². The number of amides is 3. The molecule has 1 spiro atoms. The minimum absolute atomic E-state index is 0.0125. The molecular weight excluding hydrogens is 502 g/mol. The van der Waals surface area contributed by atoms with E-state index in [1.807, 2.05) is 30.3 Å². The molecule has 2 aromatic carbocycles. The molecular formula is C28H29N5O4S. The van der Waals surface area contributed by atoms with Crippen molar-refractivity contribution in [1.82, 2.24) is 15.5 Å². The maximum absolute atomic E-state index is 13.1. The first-order valence-electron chi connectivity index (χ1n) is 12.4. The summed E-state index contributed by atoms with van der Waals surface area (Å²) in [6.45, 7) is 0.652. The van der Waals surface area contributed by atoms with E-state index in [0.29, 0.717) is 35.7 Å².